The number of nitrogens with zero attached hydrogens (tertiary/aromatic N) is 1. The van der Waals surface area contributed by atoms with E-state index < -0.39 is 0 Å². The van der Waals surface area contributed by atoms with Crippen LogP contribution in [0.1, 0.15) is 17.5 Å². The van der Waals surface area contributed by atoms with Crippen LogP contribution in [0.25, 0.3) is 0 Å². The zero-order valence-corrected chi connectivity index (χ0v) is 16.7. The van der Waals surface area contributed by atoms with Gasteiger partial charge < -0.3 is 19.7 Å². The van der Waals surface area contributed by atoms with Gasteiger partial charge in [0.25, 0.3) is 0 Å². The molecule has 2 aromatic rings. The highest BCUT2D eigenvalue weighted by Crippen LogP contribution is 2.25. The highest BCUT2D eigenvalue weighted by molar-refractivity contribution is 5.76. The van der Waals surface area contributed by atoms with Crippen LogP contribution < -0.4 is 14.8 Å². The molecule has 0 spiro atoms. The Balaban J connectivity index is 1.87. The molecule has 5 nitrogen and oxygen atoms in total. The fraction of sp³-hybridized carbons (Fsp3) is 0.409. The number of nitrogens with one attached hydrogen (secondary N) is 1. The van der Waals surface area contributed by atoms with Gasteiger partial charge in [0, 0.05) is 19.0 Å². The number of likely N-dealkylation sites (N-methyl/N-ethyl adjacent to an activating group) is 1. The third kappa shape index (κ3) is 6.61. The van der Waals surface area contributed by atoms with Crippen molar-refractivity contribution in [3.05, 3.63) is 59.7 Å². The Labute approximate surface area is 162 Å². The number of benzene rings is 2. The molecule has 27 heavy (non-hydrogen) atoms. The lowest BCUT2D eigenvalue weighted by molar-refractivity contribution is -0.121. The van der Waals surface area contributed by atoms with Crippen LogP contribution in [0.2, 0.25) is 0 Å². The number of aryl methyl sites for hydroxylation is 1. The van der Waals surface area contributed by atoms with Crippen LogP contribution in [0.3, 0.4) is 0 Å². The first-order chi connectivity index (χ1) is 13.0. The van der Waals surface area contributed by atoms with E-state index in [1.807, 2.05) is 50.5 Å². The first-order valence-electron chi connectivity index (χ1n) is 9.21. The molecule has 0 aliphatic heterocycles. The first kappa shape index (κ1) is 20.8. The molecule has 0 aliphatic rings. The molecule has 0 fully saturated rings. The van der Waals surface area contributed by atoms with Crippen molar-refractivity contribution in [3.8, 4) is 11.5 Å². The van der Waals surface area contributed by atoms with Gasteiger partial charge in [-0.05, 0) is 56.3 Å². The Hall–Kier alpha value is -2.53. The monoisotopic (exact) mass is 370 g/mol. The number of carbonyl (C=O) groups is 1. The van der Waals surface area contributed by atoms with Gasteiger partial charge in [-0.1, -0.05) is 30.3 Å². The number of amides is 1. The van der Waals surface area contributed by atoms with Crippen molar-refractivity contribution in [2.75, 3.05) is 34.9 Å². The molecule has 0 bridgehead atoms. The zero-order valence-electron chi connectivity index (χ0n) is 16.7. The fourth-order valence-corrected chi connectivity index (χ4v) is 2.97. The summed E-state index contributed by atoms with van der Waals surface area (Å²) in [5, 5.41) is 3.07. The summed E-state index contributed by atoms with van der Waals surface area (Å²) in [5.41, 5.74) is 2.24. The molecule has 5 heteroatoms. The van der Waals surface area contributed by atoms with Crippen molar-refractivity contribution in [1.29, 1.82) is 0 Å². The second-order valence-electron chi connectivity index (χ2n) is 6.79. The topological polar surface area (TPSA) is 50.8 Å². The molecule has 0 aliphatic carbocycles. The lowest BCUT2D eigenvalue weighted by Gasteiger charge is -2.25. The highest BCUT2D eigenvalue weighted by atomic mass is 16.5. The van der Waals surface area contributed by atoms with Crippen LogP contribution in [0.5, 0.6) is 11.5 Å². The summed E-state index contributed by atoms with van der Waals surface area (Å²) in [6.45, 7) is 0.621. The normalized spacial score (nSPS) is 11.9. The SMILES string of the molecule is COc1ccc(OC)c(CCC(=O)NCC(Cc2ccccc2)N(C)C)c1. The molecule has 0 saturated carbocycles. The third-order valence-corrected chi connectivity index (χ3v) is 4.69. The Kier molecular flexibility index (Phi) is 8.14. The zero-order chi connectivity index (χ0) is 19.6. The third-order valence-electron chi connectivity index (χ3n) is 4.69. The van der Waals surface area contributed by atoms with Crippen LogP contribution in [0, 0.1) is 0 Å². The van der Waals surface area contributed by atoms with Crippen molar-refractivity contribution in [3.63, 3.8) is 0 Å². The summed E-state index contributed by atoms with van der Waals surface area (Å²) in [6, 6.07) is 16.2. The predicted octanol–water partition coefficient (Wildman–Crippen LogP) is 2.93. The van der Waals surface area contributed by atoms with E-state index in [4.69, 9.17) is 9.47 Å². The van der Waals surface area contributed by atoms with Gasteiger partial charge in [-0.3, -0.25) is 4.79 Å². The molecule has 1 unspecified atom stereocenters. The van der Waals surface area contributed by atoms with E-state index in [1.54, 1.807) is 14.2 Å². The van der Waals surface area contributed by atoms with Crippen molar-refractivity contribution >= 4 is 5.91 Å². The Morgan fingerprint density at radius 1 is 1.07 bits per heavy atom. The number of carbonyl (C=O) groups excluding carboxylic acids is 1. The van der Waals surface area contributed by atoms with Crippen molar-refractivity contribution < 1.29 is 14.3 Å². The molecule has 0 heterocycles. The van der Waals surface area contributed by atoms with Crippen LogP contribution in [0.15, 0.2) is 48.5 Å². The molecule has 0 saturated heterocycles. The van der Waals surface area contributed by atoms with Crippen LogP contribution in [-0.4, -0.2) is 51.7 Å². The summed E-state index contributed by atoms with van der Waals surface area (Å²) in [6.07, 6.45) is 1.92. The van der Waals surface area contributed by atoms with E-state index in [2.05, 4.69) is 22.3 Å². The maximum atomic E-state index is 12.3. The van der Waals surface area contributed by atoms with Crippen molar-refractivity contribution in [2.24, 2.45) is 0 Å². The first-order valence-corrected chi connectivity index (χ1v) is 9.21. The minimum absolute atomic E-state index is 0.0415. The van der Waals surface area contributed by atoms with E-state index in [0.29, 0.717) is 19.4 Å². The van der Waals surface area contributed by atoms with Crippen molar-refractivity contribution in [1.82, 2.24) is 10.2 Å². The summed E-state index contributed by atoms with van der Waals surface area (Å²) in [5.74, 6) is 1.58. The van der Waals surface area contributed by atoms with Gasteiger partial charge in [-0.15, -0.1) is 0 Å². The minimum Gasteiger partial charge on any atom is -0.497 e. The summed E-state index contributed by atoms with van der Waals surface area (Å²) in [7, 11) is 7.35. The predicted molar refractivity (Wildman–Crippen MR) is 108 cm³/mol. The average Bonchev–Trinajstić information content (AvgIpc) is 2.69. The number of hydrogen-bond acceptors (Lipinski definition) is 4. The average molecular weight is 370 g/mol. The molecule has 1 atom stereocenters. The maximum absolute atomic E-state index is 12.3. The highest BCUT2D eigenvalue weighted by Gasteiger charge is 2.14. The molecule has 1 N–H and O–H groups in total. The molecule has 0 aromatic heterocycles. The number of rotatable bonds is 10. The Morgan fingerprint density at radius 3 is 2.44 bits per heavy atom. The largest absolute Gasteiger partial charge is 0.497 e. The van der Waals surface area contributed by atoms with Gasteiger partial charge in [0.15, 0.2) is 0 Å². The van der Waals surface area contributed by atoms with E-state index in [-0.39, 0.29) is 11.9 Å². The standard InChI is InChI=1S/C22H30N2O3/c1-24(2)19(14-17-8-6-5-7-9-17)16-23-22(25)13-10-18-15-20(26-3)11-12-21(18)27-4/h5-9,11-12,15,19H,10,13-14,16H2,1-4H3,(H,23,25). The lowest BCUT2D eigenvalue weighted by Crippen LogP contribution is -2.41. The van der Waals surface area contributed by atoms with Crippen LogP contribution in [-0.2, 0) is 17.6 Å². The summed E-state index contributed by atoms with van der Waals surface area (Å²) < 4.78 is 10.6. The van der Waals surface area contributed by atoms with Crippen LogP contribution >= 0.6 is 0 Å². The van der Waals surface area contributed by atoms with Gasteiger partial charge in [-0.25, -0.2) is 0 Å². The van der Waals surface area contributed by atoms with E-state index in [1.165, 1.54) is 5.56 Å². The second kappa shape index (κ2) is 10.6. The Morgan fingerprint density at radius 2 is 1.81 bits per heavy atom. The van der Waals surface area contributed by atoms with Gasteiger partial charge in [-0.2, -0.15) is 0 Å². The minimum atomic E-state index is 0.0415. The molecule has 0 radical (unpaired) electrons. The second-order valence-corrected chi connectivity index (χ2v) is 6.79. The molecule has 2 rings (SSSR count). The van der Waals surface area contributed by atoms with E-state index in [9.17, 15) is 4.79 Å². The number of ether oxygens (including phenoxy) is 2. The van der Waals surface area contributed by atoms with Gasteiger partial charge >= 0.3 is 0 Å². The Bertz CT molecular complexity index is 717. The van der Waals surface area contributed by atoms with Crippen LogP contribution in [0.4, 0.5) is 0 Å². The maximum Gasteiger partial charge on any atom is 0.220 e. The van der Waals surface area contributed by atoms with Gasteiger partial charge in [0.05, 0.1) is 14.2 Å². The van der Waals surface area contributed by atoms with Crippen molar-refractivity contribution in [2.45, 2.75) is 25.3 Å². The molecule has 146 valence electrons. The van der Waals surface area contributed by atoms with Gasteiger partial charge in [0.1, 0.15) is 11.5 Å². The lowest BCUT2D eigenvalue weighted by atomic mass is 10.0. The summed E-state index contributed by atoms with van der Waals surface area (Å²) in [4.78, 5) is 14.5. The van der Waals surface area contributed by atoms with Gasteiger partial charge in [0.2, 0.25) is 5.91 Å². The molecular formula is C22H30N2O3. The van der Waals surface area contributed by atoms with E-state index >= 15 is 0 Å². The molecule has 1 amide bonds. The summed E-state index contributed by atoms with van der Waals surface area (Å²) >= 11 is 0. The number of methoxy groups -OCH3 is 2. The quantitative estimate of drug-likeness (QED) is 0.699. The van der Waals surface area contributed by atoms with E-state index in [0.717, 1.165) is 23.5 Å². The molecular weight excluding hydrogens is 340 g/mol. The fourth-order valence-electron chi connectivity index (χ4n) is 2.97. The number of hydrogen-bond donors (Lipinski definition) is 1. The molecule has 2 aromatic carbocycles. The smallest absolute Gasteiger partial charge is 0.220 e.